The number of aliphatic hydroxyl groups excluding tert-OH is 1. The number of fused-ring (bicyclic) bond motifs is 1. The van der Waals surface area contributed by atoms with E-state index >= 15 is 0 Å². The zero-order valence-electron chi connectivity index (χ0n) is 8.71. The molecule has 0 spiro atoms. The zero-order valence-corrected chi connectivity index (χ0v) is 9.47. The Hall–Kier alpha value is -1.12. The minimum atomic E-state index is -0.00897. The molecular formula is C12H12ClNO. The Kier molecular flexibility index (Phi) is 2.63. The quantitative estimate of drug-likeness (QED) is 0.803. The SMILES string of the molecule is Cc1cc(CO)c2nc(C)cc(Cl)c2c1. The highest BCUT2D eigenvalue weighted by Crippen LogP contribution is 2.26. The topological polar surface area (TPSA) is 33.1 Å². The normalized spacial score (nSPS) is 10.9. The van der Waals surface area contributed by atoms with Gasteiger partial charge in [-0.15, -0.1) is 0 Å². The van der Waals surface area contributed by atoms with E-state index in [1.54, 1.807) is 0 Å². The molecule has 0 saturated carbocycles. The van der Waals surface area contributed by atoms with Gasteiger partial charge >= 0.3 is 0 Å². The molecule has 3 heteroatoms. The van der Waals surface area contributed by atoms with Gasteiger partial charge in [0, 0.05) is 16.6 Å². The van der Waals surface area contributed by atoms with Crippen molar-refractivity contribution < 1.29 is 5.11 Å². The number of rotatable bonds is 1. The van der Waals surface area contributed by atoms with Gasteiger partial charge in [-0.3, -0.25) is 4.98 Å². The molecule has 0 atom stereocenters. The van der Waals surface area contributed by atoms with Crippen molar-refractivity contribution in [1.29, 1.82) is 0 Å². The maximum atomic E-state index is 9.26. The molecule has 15 heavy (non-hydrogen) atoms. The van der Waals surface area contributed by atoms with Crippen LogP contribution in [0.2, 0.25) is 5.02 Å². The summed E-state index contributed by atoms with van der Waals surface area (Å²) in [5, 5.41) is 10.9. The van der Waals surface area contributed by atoms with Crippen LogP contribution >= 0.6 is 11.6 Å². The monoisotopic (exact) mass is 221 g/mol. The fraction of sp³-hybridized carbons (Fsp3) is 0.250. The smallest absolute Gasteiger partial charge is 0.0775 e. The molecular weight excluding hydrogens is 210 g/mol. The van der Waals surface area contributed by atoms with E-state index in [0.29, 0.717) is 5.02 Å². The van der Waals surface area contributed by atoms with Gasteiger partial charge in [-0.25, -0.2) is 0 Å². The van der Waals surface area contributed by atoms with Crippen LogP contribution in [0.4, 0.5) is 0 Å². The average Bonchev–Trinajstić information content (AvgIpc) is 2.18. The van der Waals surface area contributed by atoms with Crippen molar-refractivity contribution in [3.63, 3.8) is 0 Å². The lowest BCUT2D eigenvalue weighted by atomic mass is 10.1. The second-order valence-electron chi connectivity index (χ2n) is 3.72. The van der Waals surface area contributed by atoms with Gasteiger partial charge in [0.25, 0.3) is 0 Å². The Labute approximate surface area is 93.5 Å². The van der Waals surface area contributed by atoms with Crippen molar-refractivity contribution in [1.82, 2.24) is 4.98 Å². The Bertz CT molecular complexity index is 523. The molecule has 0 fully saturated rings. The van der Waals surface area contributed by atoms with E-state index in [4.69, 9.17) is 11.6 Å². The molecule has 2 nitrogen and oxygen atoms in total. The van der Waals surface area contributed by atoms with Crippen molar-refractivity contribution in [2.75, 3.05) is 0 Å². The second kappa shape index (κ2) is 3.80. The molecule has 0 bridgehead atoms. The third-order valence-electron chi connectivity index (χ3n) is 2.38. The fourth-order valence-electron chi connectivity index (χ4n) is 1.76. The molecule has 0 unspecified atom stereocenters. The van der Waals surface area contributed by atoms with Crippen molar-refractivity contribution in [2.24, 2.45) is 0 Å². The Morgan fingerprint density at radius 1 is 1.27 bits per heavy atom. The Balaban J connectivity index is 2.89. The molecule has 0 aliphatic rings. The number of aliphatic hydroxyl groups is 1. The van der Waals surface area contributed by atoms with Gasteiger partial charge in [0.2, 0.25) is 0 Å². The van der Waals surface area contributed by atoms with E-state index in [-0.39, 0.29) is 6.61 Å². The maximum Gasteiger partial charge on any atom is 0.0775 e. The lowest BCUT2D eigenvalue weighted by molar-refractivity contribution is 0.283. The van der Waals surface area contributed by atoms with Gasteiger partial charge in [-0.1, -0.05) is 17.7 Å². The lowest BCUT2D eigenvalue weighted by Crippen LogP contribution is -1.93. The van der Waals surface area contributed by atoms with Crippen molar-refractivity contribution in [3.8, 4) is 0 Å². The van der Waals surface area contributed by atoms with Gasteiger partial charge in [0.15, 0.2) is 0 Å². The molecule has 0 saturated heterocycles. The van der Waals surface area contributed by atoms with Crippen LogP contribution in [0.1, 0.15) is 16.8 Å². The molecule has 1 heterocycles. The highest BCUT2D eigenvalue weighted by molar-refractivity contribution is 6.35. The zero-order chi connectivity index (χ0) is 11.0. The molecule has 2 aromatic rings. The van der Waals surface area contributed by atoms with Gasteiger partial charge in [0.1, 0.15) is 0 Å². The van der Waals surface area contributed by atoms with Crippen molar-refractivity contribution in [3.05, 3.63) is 40.0 Å². The minimum Gasteiger partial charge on any atom is -0.392 e. The molecule has 1 N–H and O–H groups in total. The van der Waals surface area contributed by atoms with Gasteiger partial charge in [0.05, 0.1) is 17.1 Å². The largest absolute Gasteiger partial charge is 0.392 e. The molecule has 0 radical (unpaired) electrons. The molecule has 0 amide bonds. The summed E-state index contributed by atoms with van der Waals surface area (Å²) in [6.45, 7) is 3.87. The summed E-state index contributed by atoms with van der Waals surface area (Å²) in [5.74, 6) is 0. The van der Waals surface area contributed by atoms with Crippen LogP contribution in [-0.4, -0.2) is 10.1 Å². The first-order valence-corrected chi connectivity index (χ1v) is 5.17. The third kappa shape index (κ3) is 1.83. The highest BCUT2D eigenvalue weighted by atomic mass is 35.5. The van der Waals surface area contributed by atoms with Crippen LogP contribution < -0.4 is 0 Å². The summed E-state index contributed by atoms with van der Waals surface area (Å²) in [5.41, 5.74) is 3.58. The first-order valence-electron chi connectivity index (χ1n) is 4.79. The second-order valence-corrected chi connectivity index (χ2v) is 4.13. The number of aromatic nitrogens is 1. The molecule has 78 valence electrons. The summed E-state index contributed by atoms with van der Waals surface area (Å²) in [6, 6.07) is 5.76. The average molecular weight is 222 g/mol. The fourth-order valence-corrected chi connectivity index (χ4v) is 2.06. The minimum absolute atomic E-state index is 0.00897. The summed E-state index contributed by atoms with van der Waals surface area (Å²) in [7, 11) is 0. The molecule has 0 aliphatic carbocycles. The van der Waals surface area contributed by atoms with Crippen LogP contribution in [0.5, 0.6) is 0 Å². The summed E-state index contributed by atoms with van der Waals surface area (Å²) < 4.78 is 0. The maximum absolute atomic E-state index is 9.26. The first kappa shape index (κ1) is 10.4. The summed E-state index contributed by atoms with van der Waals surface area (Å²) in [6.07, 6.45) is 0. The number of pyridine rings is 1. The molecule has 0 aliphatic heterocycles. The lowest BCUT2D eigenvalue weighted by Gasteiger charge is -2.07. The molecule has 2 rings (SSSR count). The summed E-state index contributed by atoms with van der Waals surface area (Å²) in [4.78, 5) is 4.40. The van der Waals surface area contributed by atoms with Gasteiger partial charge < -0.3 is 5.11 Å². The molecule has 1 aromatic carbocycles. The molecule has 1 aromatic heterocycles. The van der Waals surface area contributed by atoms with E-state index in [0.717, 1.165) is 27.7 Å². The summed E-state index contributed by atoms with van der Waals surface area (Å²) >= 11 is 6.14. The van der Waals surface area contributed by atoms with Crippen LogP contribution in [-0.2, 0) is 6.61 Å². The Morgan fingerprint density at radius 2 is 2.00 bits per heavy atom. The predicted octanol–water partition coefficient (Wildman–Crippen LogP) is 3.00. The van der Waals surface area contributed by atoms with E-state index in [2.05, 4.69) is 4.98 Å². The van der Waals surface area contributed by atoms with Gasteiger partial charge in [-0.2, -0.15) is 0 Å². The van der Waals surface area contributed by atoms with Crippen molar-refractivity contribution in [2.45, 2.75) is 20.5 Å². The van der Waals surface area contributed by atoms with Crippen LogP contribution in [0.3, 0.4) is 0 Å². The van der Waals surface area contributed by atoms with Crippen molar-refractivity contribution >= 4 is 22.5 Å². The van der Waals surface area contributed by atoms with Crippen LogP contribution in [0.25, 0.3) is 10.9 Å². The van der Waals surface area contributed by atoms with E-state index in [9.17, 15) is 5.11 Å². The first-order chi connectivity index (χ1) is 7.11. The predicted molar refractivity (Wildman–Crippen MR) is 62.1 cm³/mol. The third-order valence-corrected chi connectivity index (χ3v) is 2.70. The Morgan fingerprint density at radius 3 is 2.67 bits per heavy atom. The van der Waals surface area contributed by atoms with E-state index in [1.165, 1.54) is 0 Å². The van der Waals surface area contributed by atoms with Crippen LogP contribution in [0.15, 0.2) is 18.2 Å². The van der Waals surface area contributed by atoms with E-state index < -0.39 is 0 Å². The number of hydrogen-bond donors (Lipinski definition) is 1. The van der Waals surface area contributed by atoms with E-state index in [1.807, 2.05) is 32.0 Å². The van der Waals surface area contributed by atoms with Gasteiger partial charge in [-0.05, 0) is 31.5 Å². The standard InChI is InChI=1S/C12H12ClNO/c1-7-3-9(6-15)12-10(4-7)11(13)5-8(2)14-12/h3-5,15H,6H2,1-2H3. The number of nitrogens with zero attached hydrogens (tertiary/aromatic N) is 1. The number of halogens is 1. The number of aryl methyl sites for hydroxylation is 2. The number of benzene rings is 1. The highest BCUT2D eigenvalue weighted by Gasteiger charge is 2.07. The van der Waals surface area contributed by atoms with Crippen LogP contribution in [0, 0.1) is 13.8 Å². The number of hydrogen-bond acceptors (Lipinski definition) is 2.